The fourth-order valence-electron chi connectivity index (χ4n) is 3.37. The lowest BCUT2D eigenvalue weighted by atomic mass is 10.0. The van der Waals surface area contributed by atoms with Crippen LogP contribution in [0.25, 0.3) is 5.69 Å². The summed E-state index contributed by atoms with van der Waals surface area (Å²) in [5, 5.41) is 0. The van der Waals surface area contributed by atoms with Crippen molar-refractivity contribution < 1.29 is 12.8 Å². The first-order valence-corrected chi connectivity index (χ1v) is 10.7. The fraction of sp³-hybridized carbons (Fsp3) is 0.286. The molecule has 0 radical (unpaired) electrons. The van der Waals surface area contributed by atoms with Gasteiger partial charge in [0.05, 0.1) is 16.3 Å². The number of hydrogen-bond acceptors (Lipinski definition) is 3. The van der Waals surface area contributed by atoms with E-state index in [1.165, 1.54) is 41.9 Å². The predicted octanol–water partition coefficient (Wildman–Crippen LogP) is 3.86. The molecule has 8 heteroatoms. The van der Waals surface area contributed by atoms with Crippen LogP contribution in [0.1, 0.15) is 36.6 Å². The second-order valence-electron chi connectivity index (χ2n) is 7.31. The summed E-state index contributed by atoms with van der Waals surface area (Å²) in [5.41, 5.74) is 2.44. The molecule has 0 aliphatic rings. The van der Waals surface area contributed by atoms with E-state index in [0.717, 1.165) is 11.3 Å². The number of sulfonamides is 1. The molecule has 3 rings (SSSR count). The van der Waals surface area contributed by atoms with Gasteiger partial charge in [-0.15, -0.1) is 0 Å². The molecule has 0 saturated carbocycles. The van der Waals surface area contributed by atoms with Gasteiger partial charge in [-0.05, 0) is 56.2 Å². The van der Waals surface area contributed by atoms with Gasteiger partial charge in [-0.25, -0.2) is 17.5 Å². The number of nitrogens with one attached hydrogen (secondary N) is 1. The molecule has 0 atom stereocenters. The van der Waals surface area contributed by atoms with Crippen LogP contribution in [0.15, 0.2) is 52.2 Å². The van der Waals surface area contributed by atoms with Crippen LogP contribution in [-0.4, -0.2) is 17.8 Å². The number of anilines is 1. The van der Waals surface area contributed by atoms with E-state index in [-0.39, 0.29) is 27.6 Å². The van der Waals surface area contributed by atoms with Gasteiger partial charge >= 0.3 is 0 Å². The summed E-state index contributed by atoms with van der Waals surface area (Å²) < 4.78 is 44.8. The van der Waals surface area contributed by atoms with Crippen LogP contribution in [0.4, 0.5) is 10.1 Å². The van der Waals surface area contributed by atoms with E-state index in [1.807, 2.05) is 20.8 Å². The van der Waals surface area contributed by atoms with Crippen molar-refractivity contribution in [2.24, 2.45) is 7.05 Å². The Morgan fingerprint density at radius 2 is 1.66 bits per heavy atom. The van der Waals surface area contributed by atoms with Gasteiger partial charge in [0.15, 0.2) is 0 Å². The van der Waals surface area contributed by atoms with Gasteiger partial charge in [-0.3, -0.25) is 14.2 Å². The topological polar surface area (TPSA) is 73.1 Å². The minimum Gasteiger partial charge on any atom is -0.285 e. The zero-order chi connectivity index (χ0) is 21.5. The summed E-state index contributed by atoms with van der Waals surface area (Å²) in [6.45, 7) is 7.32. The minimum atomic E-state index is -3.90. The van der Waals surface area contributed by atoms with Gasteiger partial charge in [0.2, 0.25) is 0 Å². The van der Waals surface area contributed by atoms with Crippen LogP contribution in [0, 0.1) is 19.7 Å². The third kappa shape index (κ3) is 3.72. The van der Waals surface area contributed by atoms with Crippen molar-refractivity contribution in [2.75, 3.05) is 4.72 Å². The molecule has 0 unspecified atom stereocenters. The number of rotatable bonds is 5. The van der Waals surface area contributed by atoms with E-state index in [9.17, 15) is 17.6 Å². The quantitative estimate of drug-likeness (QED) is 0.685. The normalized spacial score (nSPS) is 11.8. The van der Waals surface area contributed by atoms with Gasteiger partial charge < -0.3 is 0 Å². The van der Waals surface area contributed by atoms with Gasteiger partial charge in [0.1, 0.15) is 5.82 Å². The van der Waals surface area contributed by atoms with Crippen molar-refractivity contribution in [1.82, 2.24) is 9.36 Å². The van der Waals surface area contributed by atoms with Crippen LogP contribution in [-0.2, 0) is 17.1 Å². The first-order valence-electron chi connectivity index (χ1n) is 9.21. The Bertz CT molecular complexity index is 1220. The molecule has 2 aromatic carbocycles. The largest absolute Gasteiger partial charge is 0.285 e. The highest BCUT2D eigenvalue weighted by molar-refractivity contribution is 7.92. The van der Waals surface area contributed by atoms with E-state index in [1.54, 1.807) is 23.9 Å². The molecule has 1 aromatic heterocycles. The summed E-state index contributed by atoms with van der Waals surface area (Å²) in [5.74, 6) is -0.409. The molecule has 3 aromatic rings. The highest BCUT2D eigenvalue weighted by atomic mass is 32.2. The second-order valence-corrected chi connectivity index (χ2v) is 8.99. The standard InChI is InChI=1S/C21H24FN3O3S/c1-13(2)20-15(4)24(5)25(21(20)26)16-9-11-17(12-10-16)29(27,28)23-19-8-6-7-18(22)14(19)3/h6-13,23H,1-5H3. The molecule has 6 nitrogen and oxygen atoms in total. The predicted molar refractivity (Wildman–Crippen MR) is 112 cm³/mol. The third-order valence-corrected chi connectivity index (χ3v) is 6.46. The molecule has 1 heterocycles. The fourth-order valence-corrected chi connectivity index (χ4v) is 4.50. The highest BCUT2D eigenvalue weighted by Crippen LogP contribution is 2.23. The molecular formula is C21H24FN3O3S. The van der Waals surface area contributed by atoms with Crippen molar-refractivity contribution in [3.05, 3.63) is 75.5 Å². The molecule has 0 saturated heterocycles. The molecular weight excluding hydrogens is 393 g/mol. The van der Waals surface area contributed by atoms with Crippen molar-refractivity contribution in [3.8, 4) is 5.69 Å². The van der Waals surface area contributed by atoms with E-state index in [0.29, 0.717) is 5.69 Å². The summed E-state index contributed by atoms with van der Waals surface area (Å²) in [6.07, 6.45) is 0. The minimum absolute atomic E-state index is 0.0213. The van der Waals surface area contributed by atoms with Crippen LogP contribution < -0.4 is 10.3 Å². The van der Waals surface area contributed by atoms with Crippen LogP contribution >= 0.6 is 0 Å². The van der Waals surface area contributed by atoms with Crippen LogP contribution in [0.3, 0.4) is 0 Å². The zero-order valence-corrected chi connectivity index (χ0v) is 17.8. The summed E-state index contributed by atoms with van der Waals surface area (Å²) in [4.78, 5) is 12.8. The van der Waals surface area contributed by atoms with Crippen LogP contribution in [0.5, 0.6) is 0 Å². The number of benzene rings is 2. The van der Waals surface area contributed by atoms with Gasteiger partial charge in [0.25, 0.3) is 15.6 Å². The molecule has 29 heavy (non-hydrogen) atoms. The van der Waals surface area contributed by atoms with Crippen molar-refractivity contribution in [3.63, 3.8) is 0 Å². The van der Waals surface area contributed by atoms with Gasteiger partial charge in [0, 0.05) is 23.9 Å². The van der Waals surface area contributed by atoms with Gasteiger partial charge in [-0.1, -0.05) is 19.9 Å². The lowest BCUT2D eigenvalue weighted by Crippen LogP contribution is -2.21. The zero-order valence-electron chi connectivity index (χ0n) is 17.0. The summed E-state index contributed by atoms with van der Waals surface area (Å²) in [7, 11) is -2.11. The molecule has 0 amide bonds. The Balaban J connectivity index is 1.98. The van der Waals surface area contributed by atoms with Crippen molar-refractivity contribution in [2.45, 2.75) is 38.5 Å². The first kappa shape index (κ1) is 20.9. The number of aromatic nitrogens is 2. The molecule has 154 valence electrons. The average molecular weight is 418 g/mol. The second kappa shape index (κ2) is 7.51. The SMILES string of the molecule is Cc1c(F)cccc1NS(=O)(=O)c1ccc(-n2c(=O)c(C(C)C)c(C)n2C)cc1. The summed E-state index contributed by atoms with van der Waals surface area (Å²) in [6, 6.07) is 10.2. The van der Waals surface area contributed by atoms with E-state index in [2.05, 4.69) is 4.72 Å². The Hall–Kier alpha value is -2.87. The highest BCUT2D eigenvalue weighted by Gasteiger charge is 2.20. The summed E-state index contributed by atoms with van der Waals surface area (Å²) >= 11 is 0. The molecule has 0 bridgehead atoms. The van der Waals surface area contributed by atoms with E-state index < -0.39 is 15.8 Å². The third-order valence-electron chi connectivity index (χ3n) is 5.08. The Kier molecular flexibility index (Phi) is 5.40. The van der Waals surface area contributed by atoms with E-state index in [4.69, 9.17) is 0 Å². The first-order chi connectivity index (χ1) is 13.5. The maximum Gasteiger partial charge on any atom is 0.275 e. The number of halogens is 1. The monoisotopic (exact) mass is 417 g/mol. The van der Waals surface area contributed by atoms with Crippen molar-refractivity contribution in [1.29, 1.82) is 0 Å². The van der Waals surface area contributed by atoms with Crippen LogP contribution in [0.2, 0.25) is 0 Å². The van der Waals surface area contributed by atoms with Crippen molar-refractivity contribution >= 4 is 15.7 Å². The maximum absolute atomic E-state index is 13.7. The van der Waals surface area contributed by atoms with E-state index >= 15 is 0 Å². The number of hydrogen-bond donors (Lipinski definition) is 1. The Morgan fingerprint density at radius 1 is 1.03 bits per heavy atom. The Labute approximate surface area is 169 Å². The smallest absolute Gasteiger partial charge is 0.275 e. The Morgan fingerprint density at radius 3 is 2.21 bits per heavy atom. The average Bonchev–Trinajstić information content (AvgIpc) is 2.88. The molecule has 0 spiro atoms. The maximum atomic E-state index is 13.7. The lowest BCUT2D eigenvalue weighted by Gasteiger charge is -2.12. The lowest BCUT2D eigenvalue weighted by molar-refractivity contribution is 0.600. The molecule has 1 N–H and O–H groups in total. The molecule has 0 aliphatic heterocycles. The molecule has 0 fully saturated rings. The van der Waals surface area contributed by atoms with Gasteiger partial charge in [-0.2, -0.15) is 0 Å². The number of nitrogens with zero attached hydrogens (tertiary/aromatic N) is 2. The molecule has 0 aliphatic carbocycles.